The molecule has 1 rings (SSSR count). The van der Waals surface area contributed by atoms with E-state index in [1.54, 1.807) is 24.1 Å². The molecule has 19 heavy (non-hydrogen) atoms. The van der Waals surface area contributed by atoms with Crippen molar-refractivity contribution in [2.45, 2.75) is 11.8 Å². The second-order valence-electron chi connectivity index (χ2n) is 3.89. The Hall–Kier alpha value is -0.570. The van der Waals surface area contributed by atoms with Gasteiger partial charge in [-0.2, -0.15) is 11.8 Å². The van der Waals surface area contributed by atoms with Crippen molar-refractivity contribution in [3.8, 4) is 0 Å². The van der Waals surface area contributed by atoms with Crippen LogP contribution in [-0.4, -0.2) is 51.4 Å². The van der Waals surface area contributed by atoms with Crippen LogP contribution in [0.2, 0.25) is 0 Å². The summed E-state index contributed by atoms with van der Waals surface area (Å²) in [5.74, 6) is 0.0851. The number of hydrogen-bond donors (Lipinski definition) is 0. The smallest absolute Gasteiger partial charge is 0.349 e. The molecule has 1 heterocycles. The number of aryl methyl sites for hydroxylation is 1. The standard InChI is InChI=1S/C11H17NO4S3/c1-8-7-18-9(11(13)16-3)10(8)19(14,15)12(2)5-6-17-4/h7H,5-6H2,1-4H3. The maximum Gasteiger partial charge on any atom is 0.349 e. The van der Waals surface area contributed by atoms with E-state index in [1.165, 1.54) is 18.5 Å². The summed E-state index contributed by atoms with van der Waals surface area (Å²) >= 11 is 2.66. The second kappa shape index (κ2) is 6.74. The molecular weight excluding hydrogens is 306 g/mol. The highest BCUT2D eigenvalue weighted by molar-refractivity contribution is 7.98. The third-order valence-electron chi connectivity index (χ3n) is 2.57. The normalized spacial score (nSPS) is 11.8. The van der Waals surface area contributed by atoms with Crippen molar-refractivity contribution in [2.24, 2.45) is 0 Å². The van der Waals surface area contributed by atoms with E-state index >= 15 is 0 Å². The van der Waals surface area contributed by atoms with Crippen molar-refractivity contribution in [2.75, 3.05) is 32.7 Å². The highest BCUT2D eigenvalue weighted by atomic mass is 32.2. The minimum atomic E-state index is -3.65. The molecule has 0 aromatic carbocycles. The van der Waals surface area contributed by atoms with Crippen LogP contribution in [0.3, 0.4) is 0 Å². The summed E-state index contributed by atoms with van der Waals surface area (Å²) in [5, 5.41) is 1.65. The van der Waals surface area contributed by atoms with Crippen LogP contribution in [0.25, 0.3) is 0 Å². The molecule has 0 bridgehead atoms. The largest absolute Gasteiger partial charge is 0.465 e. The van der Waals surface area contributed by atoms with Gasteiger partial charge in [-0.15, -0.1) is 11.3 Å². The van der Waals surface area contributed by atoms with E-state index < -0.39 is 16.0 Å². The molecule has 8 heteroatoms. The minimum absolute atomic E-state index is 0.0629. The number of thiophene rings is 1. The molecule has 0 atom stereocenters. The number of carbonyl (C=O) groups excluding carboxylic acids is 1. The third kappa shape index (κ3) is 3.50. The van der Waals surface area contributed by atoms with Gasteiger partial charge in [-0.3, -0.25) is 0 Å². The van der Waals surface area contributed by atoms with E-state index in [1.807, 2.05) is 6.26 Å². The molecule has 0 saturated carbocycles. The first-order valence-electron chi connectivity index (χ1n) is 5.48. The van der Waals surface area contributed by atoms with E-state index in [2.05, 4.69) is 4.74 Å². The molecule has 0 amide bonds. The van der Waals surface area contributed by atoms with Crippen molar-refractivity contribution in [3.05, 3.63) is 15.8 Å². The lowest BCUT2D eigenvalue weighted by Gasteiger charge is -2.17. The van der Waals surface area contributed by atoms with Crippen LogP contribution in [0.5, 0.6) is 0 Å². The number of esters is 1. The average Bonchev–Trinajstić information content (AvgIpc) is 2.77. The molecule has 0 radical (unpaired) electrons. The summed E-state index contributed by atoms with van der Waals surface area (Å²) in [6.07, 6.45) is 1.91. The maximum absolute atomic E-state index is 12.5. The highest BCUT2D eigenvalue weighted by Crippen LogP contribution is 2.29. The molecule has 0 aliphatic carbocycles. The van der Waals surface area contributed by atoms with Crippen LogP contribution in [0.15, 0.2) is 10.3 Å². The molecular formula is C11H17NO4S3. The number of rotatable bonds is 6. The maximum atomic E-state index is 12.5. The molecule has 5 nitrogen and oxygen atoms in total. The topological polar surface area (TPSA) is 63.7 Å². The van der Waals surface area contributed by atoms with Gasteiger partial charge in [-0.25, -0.2) is 17.5 Å². The lowest BCUT2D eigenvalue weighted by molar-refractivity contribution is 0.0602. The van der Waals surface area contributed by atoms with Crippen molar-refractivity contribution in [1.82, 2.24) is 4.31 Å². The number of nitrogens with zero attached hydrogens (tertiary/aromatic N) is 1. The number of sulfonamides is 1. The summed E-state index contributed by atoms with van der Waals surface area (Å²) in [6.45, 7) is 2.08. The molecule has 0 unspecified atom stereocenters. The van der Waals surface area contributed by atoms with Gasteiger partial charge in [0.1, 0.15) is 9.77 Å². The van der Waals surface area contributed by atoms with Gasteiger partial charge in [0.25, 0.3) is 0 Å². The van der Waals surface area contributed by atoms with Gasteiger partial charge in [0.2, 0.25) is 10.0 Å². The molecule has 0 N–H and O–H groups in total. The highest BCUT2D eigenvalue weighted by Gasteiger charge is 2.30. The van der Waals surface area contributed by atoms with Gasteiger partial charge >= 0.3 is 5.97 Å². The fourth-order valence-corrected chi connectivity index (χ4v) is 4.88. The number of hydrogen-bond acceptors (Lipinski definition) is 6. The van der Waals surface area contributed by atoms with E-state index in [4.69, 9.17) is 0 Å². The summed E-state index contributed by atoms with van der Waals surface area (Å²) in [6, 6.07) is 0. The molecule has 0 saturated heterocycles. The minimum Gasteiger partial charge on any atom is -0.465 e. The Morgan fingerprint density at radius 3 is 2.68 bits per heavy atom. The van der Waals surface area contributed by atoms with Crippen LogP contribution in [-0.2, 0) is 14.8 Å². The number of thioether (sulfide) groups is 1. The zero-order valence-corrected chi connectivity index (χ0v) is 13.7. The lowest BCUT2D eigenvalue weighted by atomic mass is 10.3. The predicted molar refractivity (Wildman–Crippen MR) is 78.6 cm³/mol. The Labute approximate surface area is 122 Å². The molecule has 108 valence electrons. The van der Waals surface area contributed by atoms with E-state index in [0.29, 0.717) is 17.9 Å². The van der Waals surface area contributed by atoms with E-state index in [-0.39, 0.29) is 9.77 Å². The van der Waals surface area contributed by atoms with Crippen molar-refractivity contribution in [3.63, 3.8) is 0 Å². The first kappa shape index (κ1) is 16.5. The van der Waals surface area contributed by atoms with Crippen molar-refractivity contribution >= 4 is 39.1 Å². The summed E-state index contributed by atoms with van der Waals surface area (Å²) < 4.78 is 30.9. The van der Waals surface area contributed by atoms with Crippen molar-refractivity contribution < 1.29 is 17.9 Å². The fourth-order valence-electron chi connectivity index (χ4n) is 1.48. The van der Waals surface area contributed by atoms with Crippen LogP contribution in [0.1, 0.15) is 15.2 Å². The Kier molecular flexibility index (Phi) is 5.84. The van der Waals surface area contributed by atoms with Gasteiger partial charge in [0.15, 0.2) is 0 Å². The molecule has 0 spiro atoms. The van der Waals surface area contributed by atoms with Gasteiger partial charge in [0, 0.05) is 19.3 Å². The number of ether oxygens (including phenoxy) is 1. The SMILES string of the molecule is COC(=O)c1scc(C)c1S(=O)(=O)N(C)CCSC. The fraction of sp³-hybridized carbons (Fsp3) is 0.545. The first-order valence-corrected chi connectivity index (χ1v) is 9.19. The molecule has 1 aromatic rings. The average molecular weight is 323 g/mol. The zero-order chi connectivity index (χ0) is 14.6. The van der Waals surface area contributed by atoms with Gasteiger partial charge < -0.3 is 4.74 Å². The Morgan fingerprint density at radius 1 is 1.53 bits per heavy atom. The van der Waals surface area contributed by atoms with Crippen LogP contribution in [0, 0.1) is 6.92 Å². The van der Waals surface area contributed by atoms with E-state index in [0.717, 1.165) is 11.3 Å². The predicted octanol–water partition coefficient (Wildman–Crippen LogP) is 1.83. The first-order chi connectivity index (χ1) is 8.86. The lowest BCUT2D eigenvalue weighted by Crippen LogP contribution is -2.30. The Balaban J connectivity index is 3.21. The third-order valence-corrected chi connectivity index (χ3v) is 6.41. The molecule has 0 aliphatic rings. The molecule has 1 aromatic heterocycles. The zero-order valence-electron chi connectivity index (χ0n) is 11.3. The van der Waals surface area contributed by atoms with Gasteiger partial charge in [-0.05, 0) is 24.1 Å². The summed E-state index contributed by atoms with van der Waals surface area (Å²) in [4.78, 5) is 11.8. The molecule has 0 aliphatic heterocycles. The summed E-state index contributed by atoms with van der Waals surface area (Å²) in [5.41, 5.74) is 0.571. The van der Waals surface area contributed by atoms with Gasteiger partial charge in [-0.1, -0.05) is 0 Å². The van der Waals surface area contributed by atoms with Gasteiger partial charge in [0.05, 0.1) is 7.11 Å². The Bertz CT molecular complexity index is 550. The Morgan fingerprint density at radius 2 is 2.16 bits per heavy atom. The quantitative estimate of drug-likeness (QED) is 0.747. The second-order valence-corrected chi connectivity index (χ2v) is 7.73. The van der Waals surface area contributed by atoms with Crippen molar-refractivity contribution in [1.29, 1.82) is 0 Å². The number of methoxy groups -OCH3 is 1. The van der Waals surface area contributed by atoms with Crippen LogP contribution >= 0.6 is 23.1 Å². The van der Waals surface area contributed by atoms with Crippen LogP contribution < -0.4 is 0 Å². The monoisotopic (exact) mass is 323 g/mol. The summed E-state index contributed by atoms with van der Waals surface area (Å²) in [7, 11) is -0.896. The number of carbonyl (C=O) groups is 1. The van der Waals surface area contributed by atoms with Crippen LogP contribution in [0.4, 0.5) is 0 Å². The molecule has 0 fully saturated rings. The van der Waals surface area contributed by atoms with E-state index in [9.17, 15) is 13.2 Å².